The molecule has 1 aromatic rings. The van der Waals surface area contributed by atoms with E-state index in [4.69, 9.17) is 5.10 Å². The number of hydrazone groups is 1. The van der Waals surface area contributed by atoms with Crippen LogP contribution in [-0.2, 0) is 48.7 Å². The molecule has 3 unspecified atom stereocenters. The molecule has 0 saturated carbocycles. The van der Waals surface area contributed by atoms with E-state index in [2.05, 4.69) is 53.1 Å². The number of rotatable bonds is 19. The Labute approximate surface area is 461 Å². The molecular formula is C46H68N6Na2O12S3. The number of hydrogen-bond donors (Lipinski definition) is 3. The number of carbonyl (C=O) groups is 3. The molecule has 0 fully saturated rings. The van der Waals surface area contributed by atoms with Crippen molar-refractivity contribution < 1.29 is 120 Å². The van der Waals surface area contributed by atoms with E-state index in [9.17, 15) is 37.9 Å². The van der Waals surface area contributed by atoms with Crippen molar-refractivity contribution >= 4 is 69.0 Å². The van der Waals surface area contributed by atoms with Gasteiger partial charge in [0.05, 0.1) is 27.6 Å². The molecule has 3 amide bonds. The minimum atomic E-state index is -4.49. The van der Waals surface area contributed by atoms with Crippen molar-refractivity contribution in [2.75, 3.05) is 37.7 Å². The van der Waals surface area contributed by atoms with Crippen molar-refractivity contribution in [2.24, 2.45) is 10.5 Å². The van der Waals surface area contributed by atoms with E-state index in [0.29, 0.717) is 94.6 Å². The quantitative estimate of drug-likeness (QED) is 0.0298. The zero-order valence-electron chi connectivity index (χ0n) is 41.2. The molecule has 69 heavy (non-hydrogen) atoms. The monoisotopic (exact) mass is 1040 g/mol. The van der Waals surface area contributed by atoms with Gasteiger partial charge in [0.2, 0.25) is 23.4 Å². The second-order valence-electron chi connectivity index (χ2n) is 17.5. The average Bonchev–Trinajstić information content (AvgIpc) is 3.66. The van der Waals surface area contributed by atoms with Crippen LogP contribution in [0.1, 0.15) is 136 Å². The van der Waals surface area contributed by atoms with Gasteiger partial charge < -0.3 is 31.0 Å². The van der Waals surface area contributed by atoms with Crippen LogP contribution < -0.4 is 85.6 Å². The number of unbranched alkanes of at least 4 members (excludes halogenated alkanes) is 3. The molecule has 0 radical (unpaired) electrons. The number of nitrogens with one attached hydrogen (secondary N) is 3. The Kier molecular flexibility index (Phi) is 30.6. The fourth-order valence-electron chi connectivity index (χ4n) is 8.80. The summed E-state index contributed by atoms with van der Waals surface area (Å²) in [5.41, 5.74) is 2.93. The van der Waals surface area contributed by atoms with Gasteiger partial charge in [0.25, 0.3) is 0 Å². The van der Waals surface area contributed by atoms with Crippen LogP contribution in [0.5, 0.6) is 0 Å². The van der Waals surface area contributed by atoms with Gasteiger partial charge in [-0.1, -0.05) is 44.4 Å². The first-order chi connectivity index (χ1) is 32.2. The smallest absolute Gasteiger partial charge is 0.748 e. The summed E-state index contributed by atoms with van der Waals surface area (Å²) in [7, 11) is -4.49. The molecule has 374 valence electrons. The molecule has 0 aliphatic carbocycles. The summed E-state index contributed by atoms with van der Waals surface area (Å²) in [5, 5.41) is 44.0. The molecule has 3 heterocycles. The van der Waals surface area contributed by atoms with Crippen LogP contribution in [0.25, 0.3) is 0 Å². The van der Waals surface area contributed by atoms with E-state index in [1.54, 1.807) is 6.07 Å². The Balaban J connectivity index is 0.00000817. The van der Waals surface area contributed by atoms with Crippen LogP contribution >= 0.6 is 24.1 Å². The number of benzene rings is 1. The maximum Gasteiger partial charge on any atom is 1.00 e. The van der Waals surface area contributed by atoms with Gasteiger partial charge in [0, 0.05) is 102 Å². The van der Waals surface area contributed by atoms with Gasteiger partial charge >= 0.3 is 59.1 Å². The van der Waals surface area contributed by atoms with Crippen molar-refractivity contribution in [3.05, 3.63) is 59.8 Å². The van der Waals surface area contributed by atoms with Crippen molar-refractivity contribution in [1.82, 2.24) is 21.0 Å². The maximum atomic E-state index is 13.4. The molecule has 1 aromatic carbocycles. The number of amides is 3. The van der Waals surface area contributed by atoms with Gasteiger partial charge in [-0.25, -0.2) is 8.42 Å². The molecular weight excluding hydrogens is 971 g/mol. The third-order valence-corrected chi connectivity index (χ3v) is 14.6. The Morgan fingerprint density at radius 3 is 2.49 bits per heavy atom. The first-order valence-corrected chi connectivity index (χ1v) is 26.6. The third kappa shape index (κ3) is 20.7. The fraction of sp³-hybridized carbons (Fsp3) is 0.630. The van der Waals surface area contributed by atoms with Gasteiger partial charge in [-0.15, -0.1) is 0 Å². The minimum Gasteiger partial charge on any atom is -0.748 e. The van der Waals surface area contributed by atoms with E-state index in [1.807, 2.05) is 61.4 Å². The van der Waals surface area contributed by atoms with Crippen LogP contribution in [0.4, 0.5) is 5.69 Å². The summed E-state index contributed by atoms with van der Waals surface area (Å²) in [6.45, 7) is 10.2. The molecule has 0 saturated heterocycles. The van der Waals surface area contributed by atoms with Crippen LogP contribution in [0.15, 0.2) is 64.3 Å². The van der Waals surface area contributed by atoms with Gasteiger partial charge in [0.1, 0.15) is 12.6 Å². The molecule has 23 heteroatoms. The first kappa shape index (κ1) is 63.5. The summed E-state index contributed by atoms with van der Waals surface area (Å²) in [5.74, 6) is -0.585. The Morgan fingerprint density at radius 2 is 1.75 bits per heavy atom. The van der Waals surface area contributed by atoms with E-state index >= 15 is 0 Å². The van der Waals surface area contributed by atoms with Gasteiger partial charge in [-0.2, -0.15) is 18.3 Å². The van der Waals surface area contributed by atoms with Crippen molar-refractivity contribution in [2.45, 2.75) is 147 Å². The van der Waals surface area contributed by atoms with Crippen molar-refractivity contribution in [1.29, 1.82) is 0 Å². The van der Waals surface area contributed by atoms with Crippen LogP contribution in [0, 0.1) is 5.41 Å². The number of hydrogen-bond acceptors (Lipinski definition) is 16. The second kappa shape index (κ2) is 33.2. The SMILES string of the molecule is CCCCCCNC(=O)C1CCCCNC(=O)CCC2(C)C(C)=NN(CCCSOO[O-])/C2=C/C=C/C=C/C2=[N+](CCCCCC(=O)N1)c1ccc(SOO[O-])cc1C2(C)CCCS(=O)(=O)[O-].[Na+].[Na+]. The van der Waals surface area contributed by atoms with E-state index in [-0.39, 0.29) is 96.1 Å². The summed E-state index contributed by atoms with van der Waals surface area (Å²) >= 11 is 1.65. The second-order valence-corrected chi connectivity index (χ2v) is 20.6. The standard InChI is InChI=1S/C46H70N6O12S3.2Na/c1-5-6-7-14-29-48-44(55)38-19-13-15-28-47-42(53)25-27-45(3)35(2)50-52(31-18-32-65-63-61-56)41(45)21-11-8-10-20-40-46(4,26-17-33-67(58,59)60)37-34-36(66-64-62-57)23-24-39(37)51(40)30-16-9-12-22-43(54)49-38;;/h8,10-11,20-21,23-24,34,38H,5-7,9,12-19,22,25-33H2,1-4H3,(H5-,47,48,49,53,54,55,56,57,58,59,60);;/q;2*+1/p-2. The molecule has 0 aromatic heterocycles. The number of nitrogens with zero attached hydrogens (tertiary/aromatic N) is 3. The molecule has 18 nitrogen and oxygen atoms in total. The number of carbonyl (C=O) groups excluding carboxylic acids is 3. The summed E-state index contributed by atoms with van der Waals surface area (Å²) in [6.07, 6.45) is 19.3. The van der Waals surface area contributed by atoms with Gasteiger partial charge in [0.15, 0.2) is 5.71 Å². The Bertz CT molecular complexity index is 2080. The van der Waals surface area contributed by atoms with Crippen LogP contribution in [0.3, 0.4) is 0 Å². The van der Waals surface area contributed by atoms with Crippen molar-refractivity contribution in [3.63, 3.8) is 0 Å². The van der Waals surface area contributed by atoms with E-state index < -0.39 is 32.7 Å². The predicted octanol–water partition coefficient (Wildman–Crippen LogP) is -0.615. The molecule has 0 bridgehead atoms. The van der Waals surface area contributed by atoms with E-state index in [0.717, 1.165) is 78.1 Å². The summed E-state index contributed by atoms with van der Waals surface area (Å²) in [6, 6.07) is 4.87. The maximum absolute atomic E-state index is 13.4. The molecule has 3 aliphatic heterocycles. The van der Waals surface area contributed by atoms with Crippen molar-refractivity contribution in [3.8, 4) is 0 Å². The predicted molar refractivity (Wildman–Crippen MR) is 253 cm³/mol. The Hall–Kier alpha value is -1.64. The number of fused-ring (bicyclic) bond motifs is 3. The third-order valence-electron chi connectivity index (χ3n) is 12.6. The molecule has 4 rings (SSSR count). The zero-order chi connectivity index (χ0) is 48.7. The van der Waals surface area contributed by atoms with E-state index in [1.165, 1.54) is 0 Å². The first-order valence-electron chi connectivity index (χ1n) is 23.3. The molecule has 3 atom stereocenters. The Morgan fingerprint density at radius 1 is 0.971 bits per heavy atom. The summed E-state index contributed by atoms with van der Waals surface area (Å²) < 4.78 is 46.6. The fourth-order valence-corrected chi connectivity index (χ4v) is 10.0. The van der Waals surface area contributed by atoms with Gasteiger partial charge in [-0.3, -0.25) is 29.5 Å². The topological polar surface area (TPSA) is 246 Å². The average molecular weight is 1040 g/mol. The normalized spacial score (nSPS) is 23.8. The molecule has 0 spiro atoms. The summed E-state index contributed by atoms with van der Waals surface area (Å²) in [4.78, 5) is 40.5. The number of allylic oxidation sites excluding steroid dienone is 6. The van der Waals surface area contributed by atoms with Crippen LogP contribution in [-0.4, -0.2) is 95.4 Å². The van der Waals surface area contributed by atoms with Crippen LogP contribution in [0.2, 0.25) is 0 Å². The zero-order valence-corrected chi connectivity index (χ0v) is 47.7. The minimum absolute atomic E-state index is 0. The molecule has 3 N–H and O–H groups in total. The molecule has 3 aliphatic rings. The largest absolute Gasteiger partial charge is 1.00 e. The van der Waals surface area contributed by atoms with Gasteiger partial charge in [-0.05, 0) is 103 Å².